The van der Waals surface area contributed by atoms with Crippen LogP contribution in [0.5, 0.6) is 0 Å². The molecule has 2 fully saturated rings. The summed E-state index contributed by atoms with van der Waals surface area (Å²) in [5, 5.41) is 0. The van der Waals surface area contributed by atoms with Crippen LogP contribution in [0.3, 0.4) is 0 Å². The molecule has 0 radical (unpaired) electrons. The summed E-state index contributed by atoms with van der Waals surface area (Å²) in [4.78, 5) is 0. The van der Waals surface area contributed by atoms with E-state index in [1.165, 1.54) is 44.9 Å². The summed E-state index contributed by atoms with van der Waals surface area (Å²) in [5.41, 5.74) is 6.24. The molecule has 0 aromatic carbocycles. The fourth-order valence-corrected chi connectivity index (χ4v) is 2.88. The van der Waals surface area contributed by atoms with Crippen LogP contribution in [0.2, 0.25) is 0 Å². The van der Waals surface area contributed by atoms with Crippen LogP contribution in [0.15, 0.2) is 0 Å². The van der Waals surface area contributed by atoms with Crippen LogP contribution in [0.1, 0.15) is 44.9 Å². The molecule has 2 aliphatic rings. The molecule has 2 heteroatoms. The van der Waals surface area contributed by atoms with Crippen molar-refractivity contribution in [3.8, 4) is 0 Å². The minimum absolute atomic E-state index is 0.308. The van der Waals surface area contributed by atoms with Crippen LogP contribution >= 0.6 is 0 Å². The van der Waals surface area contributed by atoms with Gasteiger partial charge in [-0.1, -0.05) is 19.3 Å². The molecule has 2 aliphatic carbocycles. The Morgan fingerprint density at radius 2 is 1.64 bits per heavy atom. The third-order valence-electron chi connectivity index (χ3n) is 3.93. The highest BCUT2D eigenvalue weighted by Crippen LogP contribution is 2.38. The first-order valence-corrected chi connectivity index (χ1v) is 6.11. The van der Waals surface area contributed by atoms with E-state index in [0.717, 1.165) is 11.8 Å². The molecular formula is C12H23NO. The van der Waals surface area contributed by atoms with E-state index in [1.54, 1.807) is 0 Å². The van der Waals surface area contributed by atoms with Gasteiger partial charge in [0.15, 0.2) is 0 Å². The van der Waals surface area contributed by atoms with E-state index in [1.807, 2.05) is 7.11 Å². The fourth-order valence-electron chi connectivity index (χ4n) is 2.88. The summed E-state index contributed by atoms with van der Waals surface area (Å²) in [6.45, 7) is 0. The van der Waals surface area contributed by atoms with Crippen molar-refractivity contribution in [1.29, 1.82) is 0 Å². The van der Waals surface area contributed by atoms with Crippen LogP contribution in [-0.4, -0.2) is 19.3 Å². The highest BCUT2D eigenvalue weighted by molar-refractivity contribution is 4.92. The number of hydrogen-bond donors (Lipinski definition) is 1. The van der Waals surface area contributed by atoms with Crippen LogP contribution in [-0.2, 0) is 4.74 Å². The van der Waals surface area contributed by atoms with Crippen LogP contribution in [0, 0.1) is 11.8 Å². The summed E-state index contributed by atoms with van der Waals surface area (Å²) >= 11 is 0. The molecule has 0 aromatic heterocycles. The maximum atomic E-state index is 6.24. The lowest BCUT2D eigenvalue weighted by molar-refractivity contribution is 0.0127. The Labute approximate surface area is 87.2 Å². The number of hydrogen-bond acceptors (Lipinski definition) is 2. The lowest BCUT2D eigenvalue weighted by Crippen LogP contribution is -2.43. The van der Waals surface area contributed by atoms with Crippen molar-refractivity contribution in [2.45, 2.75) is 57.1 Å². The highest BCUT2D eigenvalue weighted by Gasteiger charge is 2.37. The quantitative estimate of drug-likeness (QED) is 0.750. The first-order valence-electron chi connectivity index (χ1n) is 6.11. The lowest BCUT2D eigenvalue weighted by atomic mass is 9.81. The van der Waals surface area contributed by atoms with E-state index in [0.29, 0.717) is 12.1 Å². The number of methoxy groups -OCH3 is 1. The molecular weight excluding hydrogens is 174 g/mol. The Balaban J connectivity index is 1.89. The zero-order chi connectivity index (χ0) is 9.97. The number of ether oxygens (including phenoxy) is 1. The Bertz CT molecular complexity index is 173. The van der Waals surface area contributed by atoms with Crippen molar-refractivity contribution in [3.05, 3.63) is 0 Å². The van der Waals surface area contributed by atoms with E-state index < -0.39 is 0 Å². The standard InChI is InChI=1S/C12H23NO/c1-14-12(11(13)9-7-8-9)10-5-3-2-4-6-10/h9-12H,2-8,13H2,1H3. The van der Waals surface area contributed by atoms with Gasteiger partial charge in [0.1, 0.15) is 0 Å². The molecule has 0 saturated heterocycles. The predicted octanol–water partition coefficient (Wildman–Crippen LogP) is 2.32. The average Bonchev–Trinajstić information content (AvgIpc) is 3.03. The van der Waals surface area contributed by atoms with E-state index in [9.17, 15) is 0 Å². The molecule has 0 amide bonds. The molecule has 82 valence electrons. The third kappa shape index (κ3) is 2.29. The van der Waals surface area contributed by atoms with Gasteiger partial charge >= 0.3 is 0 Å². The maximum Gasteiger partial charge on any atom is 0.0752 e. The normalized spacial score (nSPS) is 28.7. The minimum atomic E-state index is 0.308. The highest BCUT2D eigenvalue weighted by atomic mass is 16.5. The second kappa shape index (κ2) is 4.63. The van der Waals surface area contributed by atoms with E-state index in [4.69, 9.17) is 10.5 Å². The van der Waals surface area contributed by atoms with E-state index >= 15 is 0 Å². The summed E-state index contributed by atoms with van der Waals surface area (Å²) in [5.74, 6) is 1.51. The van der Waals surface area contributed by atoms with Crippen LogP contribution in [0.4, 0.5) is 0 Å². The molecule has 14 heavy (non-hydrogen) atoms. The smallest absolute Gasteiger partial charge is 0.0752 e. The average molecular weight is 197 g/mol. The summed E-state index contributed by atoms with van der Waals surface area (Å²) in [6, 6.07) is 0.308. The van der Waals surface area contributed by atoms with E-state index in [-0.39, 0.29) is 0 Å². The number of rotatable bonds is 4. The second-order valence-electron chi connectivity index (χ2n) is 5.01. The zero-order valence-corrected chi connectivity index (χ0v) is 9.24. The molecule has 2 N–H and O–H groups in total. The van der Waals surface area contributed by atoms with Gasteiger partial charge in [0, 0.05) is 13.2 Å². The van der Waals surface area contributed by atoms with Gasteiger partial charge in [-0.25, -0.2) is 0 Å². The largest absolute Gasteiger partial charge is 0.380 e. The van der Waals surface area contributed by atoms with Gasteiger partial charge in [-0.05, 0) is 37.5 Å². The van der Waals surface area contributed by atoms with Crippen LogP contribution < -0.4 is 5.73 Å². The molecule has 0 bridgehead atoms. The Kier molecular flexibility index (Phi) is 3.45. The third-order valence-corrected chi connectivity index (χ3v) is 3.93. The molecule has 0 heterocycles. The van der Waals surface area contributed by atoms with Gasteiger partial charge < -0.3 is 10.5 Å². The van der Waals surface area contributed by atoms with Gasteiger partial charge in [-0.3, -0.25) is 0 Å². The monoisotopic (exact) mass is 197 g/mol. The van der Waals surface area contributed by atoms with Crippen molar-refractivity contribution in [1.82, 2.24) is 0 Å². The topological polar surface area (TPSA) is 35.2 Å². The zero-order valence-electron chi connectivity index (χ0n) is 9.24. The number of nitrogens with two attached hydrogens (primary N) is 1. The predicted molar refractivity (Wildman–Crippen MR) is 58.1 cm³/mol. The molecule has 2 saturated carbocycles. The summed E-state index contributed by atoms with van der Waals surface area (Å²) < 4.78 is 5.63. The lowest BCUT2D eigenvalue weighted by Gasteiger charge is -2.33. The van der Waals surface area contributed by atoms with Crippen molar-refractivity contribution in [3.63, 3.8) is 0 Å². The molecule has 2 unspecified atom stereocenters. The molecule has 0 aliphatic heterocycles. The summed E-state index contributed by atoms with van der Waals surface area (Å²) in [7, 11) is 1.83. The Hall–Kier alpha value is -0.0800. The summed E-state index contributed by atoms with van der Waals surface area (Å²) in [6.07, 6.45) is 9.82. The SMILES string of the molecule is COC(C1CCCCC1)C(N)C1CC1. The first kappa shape index (κ1) is 10.4. The Morgan fingerprint density at radius 1 is 1.00 bits per heavy atom. The first-order chi connectivity index (χ1) is 6.83. The van der Waals surface area contributed by atoms with E-state index in [2.05, 4.69) is 0 Å². The fraction of sp³-hybridized carbons (Fsp3) is 1.00. The molecule has 2 nitrogen and oxygen atoms in total. The molecule has 2 atom stereocenters. The van der Waals surface area contributed by atoms with Gasteiger partial charge in [-0.2, -0.15) is 0 Å². The van der Waals surface area contributed by atoms with Gasteiger partial charge in [0.25, 0.3) is 0 Å². The van der Waals surface area contributed by atoms with Gasteiger partial charge in [-0.15, -0.1) is 0 Å². The second-order valence-corrected chi connectivity index (χ2v) is 5.01. The van der Waals surface area contributed by atoms with Crippen molar-refractivity contribution in [2.75, 3.05) is 7.11 Å². The molecule has 2 rings (SSSR count). The van der Waals surface area contributed by atoms with Crippen molar-refractivity contribution >= 4 is 0 Å². The van der Waals surface area contributed by atoms with Gasteiger partial charge in [0.05, 0.1) is 6.10 Å². The minimum Gasteiger partial charge on any atom is -0.380 e. The van der Waals surface area contributed by atoms with Crippen molar-refractivity contribution in [2.24, 2.45) is 17.6 Å². The maximum absolute atomic E-state index is 6.24. The van der Waals surface area contributed by atoms with Gasteiger partial charge in [0.2, 0.25) is 0 Å². The van der Waals surface area contributed by atoms with Crippen LogP contribution in [0.25, 0.3) is 0 Å². The molecule has 0 aromatic rings. The van der Waals surface area contributed by atoms with Crippen molar-refractivity contribution < 1.29 is 4.74 Å². The Morgan fingerprint density at radius 3 is 2.14 bits per heavy atom. The molecule has 0 spiro atoms.